The van der Waals surface area contributed by atoms with Crippen LogP contribution in [0.25, 0.3) is 0 Å². The highest BCUT2D eigenvalue weighted by Crippen LogP contribution is 2.29. The van der Waals surface area contributed by atoms with E-state index in [1.165, 1.54) is 69.8 Å². The summed E-state index contributed by atoms with van der Waals surface area (Å²) in [5.41, 5.74) is 8.48. The first-order valence-electron chi connectivity index (χ1n) is 11.8. The molecule has 0 spiro atoms. The van der Waals surface area contributed by atoms with Crippen LogP contribution in [0.2, 0.25) is 0 Å². The van der Waals surface area contributed by atoms with Gasteiger partial charge >= 0.3 is 0 Å². The Balaban J connectivity index is 2.39. The zero-order valence-electron chi connectivity index (χ0n) is 19.0. The lowest BCUT2D eigenvalue weighted by atomic mass is 9.81. The summed E-state index contributed by atoms with van der Waals surface area (Å²) in [6, 6.07) is 8.42. The Kier molecular flexibility index (Phi) is 12.5. The molecule has 0 aliphatic heterocycles. The van der Waals surface area contributed by atoms with Crippen molar-refractivity contribution in [3.8, 4) is 0 Å². The van der Waals surface area contributed by atoms with Crippen LogP contribution < -0.4 is 5.73 Å². The Labute approximate surface area is 170 Å². The van der Waals surface area contributed by atoms with Crippen LogP contribution >= 0.6 is 0 Å². The van der Waals surface area contributed by atoms with E-state index in [0.29, 0.717) is 0 Å². The highest BCUT2D eigenvalue weighted by atomic mass is 14.6. The predicted molar refractivity (Wildman–Crippen MR) is 123 cm³/mol. The van der Waals surface area contributed by atoms with Gasteiger partial charge in [0.15, 0.2) is 0 Å². The van der Waals surface area contributed by atoms with E-state index in [1.54, 1.807) is 0 Å². The molecule has 1 nitrogen and oxygen atoms in total. The normalized spacial score (nSPS) is 14.0. The molecule has 2 N–H and O–H groups in total. The lowest BCUT2D eigenvalue weighted by molar-refractivity contribution is 0.284. The SMILES string of the molecule is CCCCCCCCC(CCCC(Cc1ccccc1N)C(C)C)C(C)C. The van der Waals surface area contributed by atoms with E-state index in [4.69, 9.17) is 5.73 Å². The van der Waals surface area contributed by atoms with Crippen LogP contribution in [0, 0.1) is 23.7 Å². The van der Waals surface area contributed by atoms with Crippen molar-refractivity contribution in [1.82, 2.24) is 0 Å². The highest BCUT2D eigenvalue weighted by Gasteiger charge is 2.18. The maximum Gasteiger partial charge on any atom is 0.0346 e. The molecule has 0 aliphatic rings. The van der Waals surface area contributed by atoms with E-state index in [9.17, 15) is 0 Å². The summed E-state index contributed by atoms with van der Waals surface area (Å²) in [7, 11) is 0. The average Bonchev–Trinajstić information content (AvgIpc) is 2.63. The summed E-state index contributed by atoms with van der Waals surface area (Å²) in [6.07, 6.45) is 15.2. The number of nitrogens with two attached hydrogens (primary N) is 1. The maximum atomic E-state index is 6.18. The molecule has 0 heterocycles. The molecule has 2 atom stereocenters. The molecule has 0 aliphatic carbocycles. The van der Waals surface area contributed by atoms with E-state index in [-0.39, 0.29) is 0 Å². The Morgan fingerprint density at radius 3 is 1.89 bits per heavy atom. The molecule has 0 fully saturated rings. The van der Waals surface area contributed by atoms with E-state index in [1.807, 2.05) is 12.1 Å². The molecule has 1 aromatic rings. The Morgan fingerprint density at radius 1 is 0.704 bits per heavy atom. The fourth-order valence-corrected chi connectivity index (χ4v) is 4.31. The zero-order valence-corrected chi connectivity index (χ0v) is 19.0. The van der Waals surface area contributed by atoms with Crippen molar-refractivity contribution >= 4 is 5.69 Å². The number of anilines is 1. The van der Waals surface area contributed by atoms with Crippen LogP contribution in [-0.2, 0) is 6.42 Å². The van der Waals surface area contributed by atoms with Gasteiger partial charge in [-0.05, 0) is 48.1 Å². The van der Waals surface area contributed by atoms with Crippen LogP contribution in [0.15, 0.2) is 24.3 Å². The van der Waals surface area contributed by atoms with Gasteiger partial charge in [-0.3, -0.25) is 0 Å². The lowest BCUT2D eigenvalue weighted by Crippen LogP contribution is -2.15. The summed E-state index contributed by atoms with van der Waals surface area (Å²) in [5.74, 6) is 3.20. The van der Waals surface area contributed by atoms with Crippen LogP contribution in [0.1, 0.15) is 104 Å². The Bertz CT molecular complexity index is 477. The van der Waals surface area contributed by atoms with Gasteiger partial charge in [0.2, 0.25) is 0 Å². The standard InChI is InChI=1S/C26H47N/c1-6-7-8-9-10-11-15-23(21(2)3)17-14-18-24(22(4)5)20-25-16-12-13-19-26(25)27/h12-13,16,19,21-24H,6-11,14-15,17-18,20,27H2,1-5H3. The van der Waals surface area contributed by atoms with E-state index < -0.39 is 0 Å². The molecule has 0 saturated carbocycles. The third-order valence-corrected chi connectivity index (χ3v) is 6.50. The van der Waals surface area contributed by atoms with Gasteiger partial charge in [-0.15, -0.1) is 0 Å². The molecule has 1 aromatic carbocycles. The van der Waals surface area contributed by atoms with Crippen LogP contribution in [0.4, 0.5) is 5.69 Å². The van der Waals surface area contributed by atoms with Crippen molar-refractivity contribution in [2.24, 2.45) is 23.7 Å². The second-order valence-electron chi connectivity index (χ2n) is 9.40. The second-order valence-corrected chi connectivity index (χ2v) is 9.40. The smallest absolute Gasteiger partial charge is 0.0346 e. The lowest BCUT2D eigenvalue weighted by Gasteiger charge is -2.25. The molecule has 0 aromatic heterocycles. The first-order chi connectivity index (χ1) is 13.0. The monoisotopic (exact) mass is 373 g/mol. The van der Waals surface area contributed by atoms with Crippen molar-refractivity contribution in [2.75, 3.05) is 5.73 Å². The predicted octanol–water partition coefficient (Wildman–Crippen LogP) is 8.28. The molecule has 0 amide bonds. The molecule has 0 radical (unpaired) electrons. The van der Waals surface area contributed by atoms with Crippen molar-refractivity contribution < 1.29 is 0 Å². The second kappa shape index (κ2) is 14.1. The summed E-state index contributed by atoms with van der Waals surface area (Å²) in [4.78, 5) is 0. The van der Waals surface area contributed by atoms with Gasteiger partial charge in [0.1, 0.15) is 0 Å². The largest absolute Gasteiger partial charge is 0.399 e. The topological polar surface area (TPSA) is 26.0 Å². The van der Waals surface area contributed by atoms with Gasteiger partial charge in [0, 0.05) is 5.69 Å². The first-order valence-corrected chi connectivity index (χ1v) is 11.8. The van der Waals surface area contributed by atoms with Gasteiger partial charge in [-0.2, -0.15) is 0 Å². The van der Waals surface area contributed by atoms with Gasteiger partial charge in [0.25, 0.3) is 0 Å². The minimum absolute atomic E-state index is 0.723. The van der Waals surface area contributed by atoms with Gasteiger partial charge in [0.05, 0.1) is 0 Å². The summed E-state index contributed by atoms with van der Waals surface area (Å²) in [5, 5.41) is 0. The number of para-hydroxylation sites is 1. The fraction of sp³-hybridized carbons (Fsp3) is 0.769. The number of hydrogen-bond acceptors (Lipinski definition) is 1. The molecular weight excluding hydrogens is 326 g/mol. The van der Waals surface area contributed by atoms with Crippen molar-refractivity contribution in [1.29, 1.82) is 0 Å². The number of benzene rings is 1. The zero-order chi connectivity index (χ0) is 20.1. The summed E-state index contributed by atoms with van der Waals surface area (Å²) < 4.78 is 0. The number of unbranched alkanes of at least 4 members (excludes halogenated alkanes) is 5. The molecule has 27 heavy (non-hydrogen) atoms. The quantitative estimate of drug-likeness (QED) is 0.243. The summed E-state index contributed by atoms with van der Waals surface area (Å²) in [6.45, 7) is 11.9. The average molecular weight is 374 g/mol. The summed E-state index contributed by atoms with van der Waals surface area (Å²) >= 11 is 0. The maximum absolute atomic E-state index is 6.18. The number of nitrogen functional groups attached to an aromatic ring is 1. The molecule has 156 valence electrons. The molecule has 0 bridgehead atoms. The van der Waals surface area contributed by atoms with E-state index in [2.05, 4.69) is 46.8 Å². The molecular formula is C26H47N. The minimum Gasteiger partial charge on any atom is -0.399 e. The molecule has 1 heteroatoms. The highest BCUT2D eigenvalue weighted by molar-refractivity contribution is 5.46. The molecule has 2 unspecified atom stereocenters. The van der Waals surface area contributed by atoms with Crippen molar-refractivity contribution in [3.63, 3.8) is 0 Å². The Morgan fingerprint density at radius 2 is 1.26 bits per heavy atom. The van der Waals surface area contributed by atoms with Crippen molar-refractivity contribution in [2.45, 2.75) is 105 Å². The fourth-order valence-electron chi connectivity index (χ4n) is 4.31. The molecule has 0 saturated heterocycles. The Hall–Kier alpha value is -0.980. The number of hydrogen-bond donors (Lipinski definition) is 1. The van der Waals surface area contributed by atoms with E-state index in [0.717, 1.165) is 35.8 Å². The number of rotatable bonds is 15. The third kappa shape index (κ3) is 10.2. The van der Waals surface area contributed by atoms with Gasteiger partial charge in [-0.1, -0.05) is 111 Å². The third-order valence-electron chi connectivity index (χ3n) is 6.50. The van der Waals surface area contributed by atoms with Crippen LogP contribution in [0.5, 0.6) is 0 Å². The van der Waals surface area contributed by atoms with E-state index >= 15 is 0 Å². The van der Waals surface area contributed by atoms with Gasteiger partial charge < -0.3 is 5.73 Å². The van der Waals surface area contributed by atoms with Crippen LogP contribution in [0.3, 0.4) is 0 Å². The first kappa shape index (κ1) is 24.1. The van der Waals surface area contributed by atoms with Crippen molar-refractivity contribution in [3.05, 3.63) is 29.8 Å². The molecule has 1 rings (SSSR count). The van der Waals surface area contributed by atoms with Gasteiger partial charge in [-0.25, -0.2) is 0 Å². The van der Waals surface area contributed by atoms with Crippen LogP contribution in [-0.4, -0.2) is 0 Å². The minimum atomic E-state index is 0.723.